The minimum absolute atomic E-state index is 0.00546. The van der Waals surface area contributed by atoms with E-state index in [9.17, 15) is 34.3 Å². The molecule has 0 radical (unpaired) electrons. The quantitative estimate of drug-likeness (QED) is 0.102. The fourth-order valence-corrected chi connectivity index (χ4v) is 6.46. The van der Waals surface area contributed by atoms with Crippen LogP contribution < -0.4 is 10.6 Å². The number of fused-ring (bicyclic) bond motifs is 1. The predicted octanol–water partition coefficient (Wildman–Crippen LogP) is 1.74. The van der Waals surface area contributed by atoms with Crippen molar-refractivity contribution in [2.24, 2.45) is 5.41 Å². The van der Waals surface area contributed by atoms with Gasteiger partial charge in [-0.25, -0.2) is 19.6 Å². The third-order valence-electron chi connectivity index (χ3n) is 6.91. The summed E-state index contributed by atoms with van der Waals surface area (Å²) in [5.41, 5.74) is -3.05. The van der Waals surface area contributed by atoms with Gasteiger partial charge in [0.25, 0.3) is 5.56 Å². The molecule has 3 heterocycles. The molecule has 43 heavy (non-hydrogen) atoms. The zero-order valence-electron chi connectivity index (χ0n) is 23.9. The predicted molar refractivity (Wildman–Crippen MR) is 155 cm³/mol. The number of nitrogens with one attached hydrogen (secondary N) is 2. The molecule has 0 spiro atoms. The van der Waals surface area contributed by atoms with E-state index in [0.717, 1.165) is 17.3 Å². The Bertz CT molecular complexity index is 1580. The molecule has 0 aliphatic carbocycles. The van der Waals surface area contributed by atoms with Crippen LogP contribution in [0.2, 0.25) is 0 Å². The summed E-state index contributed by atoms with van der Waals surface area (Å²) in [6.45, 7) is 4.87. The molecule has 1 unspecified atom stereocenters. The van der Waals surface area contributed by atoms with Crippen molar-refractivity contribution < 1.29 is 43.3 Å². The summed E-state index contributed by atoms with van der Waals surface area (Å²) in [5.74, 6) is -0.962. The SMILES string of the molecule is Cc1nc2c(ncn2[C@@H]2O[C@H](COP(=O)(NCc3ccccc3)OCCSC(=O)C(C)(C)C(=O)O)[C@@H](O)[C@@]2(C)O)c(=O)[nH]1. The topological polar surface area (TPSA) is 215 Å². The molecule has 5 atom stereocenters. The van der Waals surface area contributed by atoms with Gasteiger partial charge >= 0.3 is 13.7 Å². The van der Waals surface area contributed by atoms with E-state index >= 15 is 0 Å². The number of carboxylic acid groups (broad SMARTS) is 1. The van der Waals surface area contributed by atoms with Crippen molar-refractivity contribution in [3.8, 4) is 0 Å². The van der Waals surface area contributed by atoms with Gasteiger partial charge in [-0.05, 0) is 33.3 Å². The van der Waals surface area contributed by atoms with E-state index in [1.165, 1.54) is 31.7 Å². The van der Waals surface area contributed by atoms with Crippen molar-refractivity contribution in [3.63, 3.8) is 0 Å². The van der Waals surface area contributed by atoms with Crippen molar-refractivity contribution in [1.29, 1.82) is 0 Å². The van der Waals surface area contributed by atoms with Crippen LogP contribution in [-0.2, 0) is 34.5 Å². The summed E-state index contributed by atoms with van der Waals surface area (Å²) in [4.78, 5) is 46.8. The number of thioether (sulfide) groups is 1. The molecule has 1 aliphatic rings. The third kappa shape index (κ3) is 7.24. The Kier molecular flexibility index (Phi) is 9.93. The number of carbonyl (C=O) groups is 2. The molecule has 3 aromatic rings. The van der Waals surface area contributed by atoms with Crippen LogP contribution in [0.3, 0.4) is 0 Å². The lowest BCUT2D eigenvalue weighted by Crippen LogP contribution is -2.44. The normalized spacial score (nSPS) is 23.8. The van der Waals surface area contributed by atoms with Gasteiger partial charge in [0, 0.05) is 12.3 Å². The number of aromatic nitrogens is 4. The maximum Gasteiger partial charge on any atom is 0.405 e. The lowest BCUT2D eigenvalue weighted by molar-refractivity contribution is -0.149. The molecule has 0 amide bonds. The Hall–Kier alpha value is -2.95. The van der Waals surface area contributed by atoms with Gasteiger partial charge in [-0.1, -0.05) is 42.1 Å². The zero-order chi connectivity index (χ0) is 31.6. The highest BCUT2D eigenvalue weighted by molar-refractivity contribution is 8.13. The van der Waals surface area contributed by atoms with E-state index in [2.05, 4.69) is 20.0 Å². The minimum Gasteiger partial charge on any atom is -0.480 e. The number of nitrogens with zero attached hydrogens (tertiary/aromatic N) is 3. The first-order chi connectivity index (χ1) is 20.2. The largest absolute Gasteiger partial charge is 0.480 e. The molecule has 2 aromatic heterocycles. The number of hydrogen-bond donors (Lipinski definition) is 5. The second-order valence-corrected chi connectivity index (χ2v) is 13.6. The fraction of sp³-hybridized carbons (Fsp3) is 0.500. The van der Waals surface area contributed by atoms with Crippen LogP contribution in [0.5, 0.6) is 0 Å². The number of benzene rings is 1. The number of aliphatic carboxylic acids is 1. The highest BCUT2D eigenvalue weighted by atomic mass is 32.2. The van der Waals surface area contributed by atoms with E-state index in [-0.39, 0.29) is 30.1 Å². The molecular weight excluding hydrogens is 605 g/mol. The van der Waals surface area contributed by atoms with Crippen LogP contribution in [0.1, 0.15) is 38.4 Å². The summed E-state index contributed by atoms with van der Waals surface area (Å²) in [6.07, 6.45) is -2.68. The van der Waals surface area contributed by atoms with Crippen LogP contribution in [0, 0.1) is 12.3 Å². The maximum absolute atomic E-state index is 13.7. The number of aromatic amines is 1. The average molecular weight is 640 g/mol. The third-order valence-corrected chi connectivity index (χ3v) is 9.61. The molecule has 0 saturated carbocycles. The summed E-state index contributed by atoms with van der Waals surface area (Å²) in [7, 11) is -4.10. The molecule has 4 rings (SSSR count). The Morgan fingerprint density at radius 1 is 1.28 bits per heavy atom. The molecule has 0 bridgehead atoms. The Morgan fingerprint density at radius 3 is 2.65 bits per heavy atom. The van der Waals surface area contributed by atoms with Gasteiger partial charge in [0.1, 0.15) is 29.0 Å². The van der Waals surface area contributed by atoms with Gasteiger partial charge < -0.3 is 25.0 Å². The average Bonchev–Trinajstić information content (AvgIpc) is 3.47. The minimum atomic E-state index is -4.10. The fourth-order valence-electron chi connectivity index (χ4n) is 4.23. The summed E-state index contributed by atoms with van der Waals surface area (Å²) in [5, 5.41) is 33.5. The number of carboxylic acids is 1. The number of ether oxygens (including phenoxy) is 1. The molecule has 15 nitrogen and oxygen atoms in total. The van der Waals surface area contributed by atoms with Crippen LogP contribution in [-0.4, -0.2) is 82.7 Å². The van der Waals surface area contributed by atoms with Crippen LogP contribution in [0.25, 0.3) is 11.2 Å². The van der Waals surface area contributed by atoms with Crippen molar-refractivity contribution in [1.82, 2.24) is 24.6 Å². The lowest BCUT2D eigenvalue weighted by atomic mass is 9.96. The van der Waals surface area contributed by atoms with E-state index in [1.54, 1.807) is 31.2 Å². The van der Waals surface area contributed by atoms with Crippen LogP contribution in [0.4, 0.5) is 0 Å². The summed E-state index contributed by atoms with van der Waals surface area (Å²) in [6, 6.07) is 9.00. The number of aliphatic hydroxyl groups is 2. The number of carbonyl (C=O) groups excluding carboxylic acids is 1. The Balaban J connectivity index is 1.46. The Morgan fingerprint density at radius 2 is 1.98 bits per heavy atom. The summed E-state index contributed by atoms with van der Waals surface area (Å²) < 4.78 is 32.2. The van der Waals surface area contributed by atoms with E-state index in [0.29, 0.717) is 5.82 Å². The van der Waals surface area contributed by atoms with Gasteiger partial charge in [0.15, 0.2) is 17.4 Å². The van der Waals surface area contributed by atoms with E-state index < -0.39 is 60.4 Å². The van der Waals surface area contributed by atoms with Crippen molar-refractivity contribution in [3.05, 3.63) is 58.4 Å². The number of hydrogen-bond acceptors (Lipinski definition) is 12. The second-order valence-electron chi connectivity index (χ2n) is 10.7. The Labute approximate surface area is 250 Å². The summed E-state index contributed by atoms with van der Waals surface area (Å²) >= 11 is 0.726. The molecule has 1 aromatic carbocycles. The molecule has 1 saturated heterocycles. The lowest BCUT2D eigenvalue weighted by Gasteiger charge is -2.27. The number of rotatable bonds is 13. The molecule has 1 fully saturated rings. The van der Waals surface area contributed by atoms with Crippen LogP contribution in [0.15, 0.2) is 41.5 Å². The number of aryl methyl sites for hydroxylation is 1. The first-order valence-electron chi connectivity index (χ1n) is 13.2. The zero-order valence-corrected chi connectivity index (χ0v) is 25.6. The van der Waals surface area contributed by atoms with Crippen molar-refractivity contribution in [2.75, 3.05) is 19.0 Å². The van der Waals surface area contributed by atoms with Gasteiger partial charge in [-0.15, -0.1) is 0 Å². The molecule has 5 N–H and O–H groups in total. The van der Waals surface area contributed by atoms with Gasteiger partial charge in [-0.3, -0.25) is 28.0 Å². The van der Waals surface area contributed by atoms with Crippen LogP contribution >= 0.6 is 19.5 Å². The monoisotopic (exact) mass is 639 g/mol. The molecule has 17 heteroatoms. The maximum atomic E-state index is 13.7. The molecule has 234 valence electrons. The molecular formula is C26H34N5O10PS. The highest BCUT2D eigenvalue weighted by Gasteiger charge is 2.54. The number of H-pyrrole nitrogens is 1. The number of imidazole rings is 1. The molecule has 1 aliphatic heterocycles. The van der Waals surface area contributed by atoms with Gasteiger partial charge in [0.2, 0.25) is 5.12 Å². The van der Waals surface area contributed by atoms with E-state index in [4.69, 9.17) is 13.8 Å². The van der Waals surface area contributed by atoms with Gasteiger partial charge in [-0.2, -0.15) is 0 Å². The van der Waals surface area contributed by atoms with Gasteiger partial charge in [0.05, 0.1) is 19.5 Å². The second kappa shape index (κ2) is 13.0. The van der Waals surface area contributed by atoms with Crippen molar-refractivity contribution in [2.45, 2.75) is 58.3 Å². The first-order valence-corrected chi connectivity index (χ1v) is 15.8. The highest BCUT2D eigenvalue weighted by Crippen LogP contribution is 2.46. The standard InChI is InChI=1S/C26H34N5O10PS/c1-15-29-20-18(21(33)30-15)27-14-31(20)22-26(4,37)19(32)17(41-22)13-40-42(38,28-12-16-8-6-5-7-9-16)39-10-11-43-24(36)25(2,3)23(34)35/h5-9,14,17,19,22,32,37H,10-13H2,1-4H3,(H,28,38)(H,34,35)(H,29,30,33)/t17-,19-,22-,26-,42?/m1/s1. The first kappa shape index (κ1) is 33.0. The van der Waals surface area contributed by atoms with Crippen molar-refractivity contribution >= 4 is 41.8 Å². The van der Waals surface area contributed by atoms with E-state index in [1.807, 2.05) is 6.07 Å². The number of aliphatic hydroxyl groups excluding tert-OH is 1. The smallest absolute Gasteiger partial charge is 0.405 e.